The Morgan fingerprint density at radius 2 is 2.25 bits per heavy atom. The molecule has 1 saturated carbocycles. The van der Waals surface area contributed by atoms with Gasteiger partial charge in [-0.25, -0.2) is 0 Å². The summed E-state index contributed by atoms with van der Waals surface area (Å²) in [6, 6.07) is 0. The van der Waals surface area contributed by atoms with Crippen molar-refractivity contribution in [2.45, 2.75) is 26.2 Å². The van der Waals surface area contributed by atoms with Gasteiger partial charge in [-0.2, -0.15) is 0 Å². The third-order valence-corrected chi connectivity index (χ3v) is 1.95. The molecular formula is C10H16O2. The number of ether oxygens (including phenoxy) is 1. The largest absolute Gasteiger partial charge is 0.373 e. The molecule has 2 nitrogen and oxygen atoms in total. The minimum atomic E-state index is 0.275. The lowest BCUT2D eigenvalue weighted by atomic mass is 10.2. The Morgan fingerprint density at radius 3 is 2.75 bits per heavy atom. The third kappa shape index (κ3) is 3.67. The van der Waals surface area contributed by atoms with Crippen molar-refractivity contribution in [1.29, 1.82) is 0 Å². The van der Waals surface area contributed by atoms with Crippen LogP contribution in [0.4, 0.5) is 0 Å². The van der Waals surface area contributed by atoms with E-state index in [2.05, 4.69) is 6.58 Å². The summed E-state index contributed by atoms with van der Waals surface area (Å²) in [5.74, 6) is 0.603. The average Bonchev–Trinajstić information content (AvgIpc) is 2.79. The topological polar surface area (TPSA) is 26.3 Å². The van der Waals surface area contributed by atoms with E-state index in [0.717, 1.165) is 24.8 Å². The van der Waals surface area contributed by atoms with Crippen molar-refractivity contribution in [3.63, 3.8) is 0 Å². The Bertz CT molecular complexity index is 180. The van der Waals surface area contributed by atoms with Gasteiger partial charge in [0.25, 0.3) is 0 Å². The maximum absolute atomic E-state index is 11.1. The van der Waals surface area contributed by atoms with Crippen molar-refractivity contribution in [3.8, 4) is 0 Å². The van der Waals surface area contributed by atoms with Gasteiger partial charge in [0.05, 0.1) is 6.61 Å². The monoisotopic (exact) mass is 168 g/mol. The first-order valence-electron chi connectivity index (χ1n) is 4.45. The highest BCUT2D eigenvalue weighted by Crippen LogP contribution is 2.29. The van der Waals surface area contributed by atoms with E-state index in [1.165, 1.54) is 0 Å². The molecular weight excluding hydrogens is 152 g/mol. The first kappa shape index (κ1) is 9.46. The van der Waals surface area contributed by atoms with Crippen LogP contribution >= 0.6 is 0 Å². The number of carbonyl (C=O) groups is 1. The van der Waals surface area contributed by atoms with Gasteiger partial charge in [-0.05, 0) is 26.2 Å². The highest BCUT2D eigenvalue weighted by Gasteiger charge is 2.28. The quantitative estimate of drug-likeness (QED) is 0.447. The maximum Gasteiger partial charge on any atom is 0.161 e. The van der Waals surface area contributed by atoms with Crippen molar-refractivity contribution < 1.29 is 9.53 Å². The number of ketones is 1. The molecule has 68 valence electrons. The van der Waals surface area contributed by atoms with E-state index in [4.69, 9.17) is 4.74 Å². The Hall–Kier alpha value is -0.630. The van der Waals surface area contributed by atoms with Gasteiger partial charge in [0.2, 0.25) is 0 Å². The standard InChI is InChI=1S/C10H16O2/c1-8(2)5-6-12-7-10(11)9-3-4-9/h9H,1,3-7H2,2H3. The lowest BCUT2D eigenvalue weighted by Gasteiger charge is -2.01. The van der Waals surface area contributed by atoms with Gasteiger partial charge < -0.3 is 4.74 Å². The van der Waals surface area contributed by atoms with E-state index in [0.29, 0.717) is 19.1 Å². The van der Waals surface area contributed by atoms with E-state index in [9.17, 15) is 4.79 Å². The van der Waals surface area contributed by atoms with E-state index in [1.807, 2.05) is 6.92 Å². The van der Waals surface area contributed by atoms with Crippen LogP contribution in [0.15, 0.2) is 12.2 Å². The zero-order valence-corrected chi connectivity index (χ0v) is 7.64. The molecule has 0 aliphatic heterocycles. The Labute approximate surface area is 73.6 Å². The van der Waals surface area contributed by atoms with Crippen molar-refractivity contribution in [2.24, 2.45) is 5.92 Å². The first-order valence-corrected chi connectivity index (χ1v) is 4.45. The van der Waals surface area contributed by atoms with Crippen molar-refractivity contribution in [2.75, 3.05) is 13.2 Å². The molecule has 0 bridgehead atoms. The average molecular weight is 168 g/mol. The molecule has 0 unspecified atom stereocenters. The van der Waals surface area contributed by atoms with Crippen LogP contribution < -0.4 is 0 Å². The fourth-order valence-electron chi connectivity index (χ4n) is 0.942. The second-order valence-electron chi connectivity index (χ2n) is 3.50. The second-order valence-corrected chi connectivity index (χ2v) is 3.50. The highest BCUT2D eigenvalue weighted by atomic mass is 16.5. The highest BCUT2D eigenvalue weighted by molar-refractivity contribution is 5.84. The van der Waals surface area contributed by atoms with Crippen LogP contribution in [-0.2, 0) is 9.53 Å². The Morgan fingerprint density at radius 1 is 1.58 bits per heavy atom. The fraction of sp³-hybridized carbons (Fsp3) is 0.700. The minimum Gasteiger partial charge on any atom is -0.373 e. The van der Waals surface area contributed by atoms with Crippen LogP contribution in [0.1, 0.15) is 26.2 Å². The summed E-state index contributed by atoms with van der Waals surface area (Å²) < 4.78 is 5.20. The second kappa shape index (κ2) is 4.41. The zero-order chi connectivity index (χ0) is 8.97. The maximum atomic E-state index is 11.1. The molecule has 0 saturated heterocycles. The molecule has 1 fully saturated rings. The molecule has 0 atom stereocenters. The number of Topliss-reactive ketones (excluding diaryl/α,β-unsaturated/α-hetero) is 1. The van der Waals surface area contributed by atoms with E-state index >= 15 is 0 Å². The number of hydrogen-bond acceptors (Lipinski definition) is 2. The first-order chi connectivity index (χ1) is 5.70. The van der Waals surface area contributed by atoms with Gasteiger partial charge in [0.15, 0.2) is 5.78 Å². The third-order valence-electron chi connectivity index (χ3n) is 1.95. The molecule has 0 heterocycles. The summed E-state index contributed by atoms with van der Waals surface area (Å²) in [5.41, 5.74) is 1.11. The fourth-order valence-corrected chi connectivity index (χ4v) is 0.942. The molecule has 0 aromatic carbocycles. The molecule has 0 N–H and O–H groups in total. The molecule has 1 rings (SSSR count). The van der Waals surface area contributed by atoms with Gasteiger partial charge in [0, 0.05) is 5.92 Å². The number of hydrogen-bond donors (Lipinski definition) is 0. The predicted octanol–water partition coefficient (Wildman–Crippen LogP) is 1.95. The Kier molecular flexibility index (Phi) is 3.48. The van der Waals surface area contributed by atoms with Crippen molar-refractivity contribution >= 4 is 5.78 Å². The van der Waals surface area contributed by atoms with Crippen LogP contribution in [0.3, 0.4) is 0 Å². The summed E-state index contributed by atoms with van der Waals surface area (Å²) in [7, 11) is 0. The number of rotatable bonds is 6. The van der Waals surface area contributed by atoms with Gasteiger partial charge >= 0.3 is 0 Å². The van der Waals surface area contributed by atoms with Gasteiger partial charge in [-0.15, -0.1) is 6.58 Å². The van der Waals surface area contributed by atoms with E-state index < -0.39 is 0 Å². The molecule has 0 aromatic rings. The molecule has 12 heavy (non-hydrogen) atoms. The number of carbonyl (C=O) groups excluding carboxylic acids is 1. The summed E-state index contributed by atoms with van der Waals surface area (Å²) in [6.07, 6.45) is 3.00. The van der Waals surface area contributed by atoms with Crippen LogP contribution in [0.2, 0.25) is 0 Å². The van der Waals surface area contributed by atoms with Gasteiger partial charge in [-0.3, -0.25) is 4.79 Å². The lowest BCUT2D eigenvalue weighted by molar-refractivity contribution is -0.124. The smallest absolute Gasteiger partial charge is 0.161 e. The Balaban J connectivity index is 1.94. The van der Waals surface area contributed by atoms with Crippen LogP contribution in [0.5, 0.6) is 0 Å². The van der Waals surface area contributed by atoms with Crippen molar-refractivity contribution in [1.82, 2.24) is 0 Å². The SMILES string of the molecule is C=C(C)CCOCC(=O)C1CC1. The molecule has 1 aliphatic rings. The summed E-state index contributed by atoms with van der Waals surface area (Å²) in [6.45, 7) is 6.65. The summed E-state index contributed by atoms with van der Waals surface area (Å²) in [5, 5.41) is 0. The van der Waals surface area contributed by atoms with Crippen LogP contribution in [0.25, 0.3) is 0 Å². The van der Waals surface area contributed by atoms with Crippen molar-refractivity contribution in [3.05, 3.63) is 12.2 Å². The van der Waals surface area contributed by atoms with Gasteiger partial charge in [-0.1, -0.05) is 5.57 Å². The summed E-state index contributed by atoms with van der Waals surface area (Å²) in [4.78, 5) is 11.1. The van der Waals surface area contributed by atoms with E-state index in [-0.39, 0.29) is 5.78 Å². The predicted molar refractivity (Wildman–Crippen MR) is 48.0 cm³/mol. The molecule has 1 aliphatic carbocycles. The van der Waals surface area contributed by atoms with Crippen LogP contribution in [-0.4, -0.2) is 19.0 Å². The normalized spacial score (nSPS) is 16.1. The van der Waals surface area contributed by atoms with Gasteiger partial charge in [0.1, 0.15) is 6.61 Å². The lowest BCUT2D eigenvalue weighted by Crippen LogP contribution is -2.11. The molecule has 0 spiro atoms. The summed E-state index contributed by atoms with van der Waals surface area (Å²) >= 11 is 0. The van der Waals surface area contributed by atoms with E-state index in [1.54, 1.807) is 0 Å². The molecule has 0 amide bonds. The molecule has 0 aromatic heterocycles. The molecule has 2 heteroatoms. The zero-order valence-electron chi connectivity index (χ0n) is 7.64. The van der Waals surface area contributed by atoms with Crippen LogP contribution in [0, 0.1) is 5.92 Å². The minimum absolute atomic E-state index is 0.275. The molecule has 0 radical (unpaired) electrons.